The van der Waals surface area contributed by atoms with Gasteiger partial charge in [0.2, 0.25) is 0 Å². The molecule has 0 fully saturated rings. The highest BCUT2D eigenvalue weighted by Crippen LogP contribution is 2.29. The van der Waals surface area contributed by atoms with Gasteiger partial charge in [0.15, 0.2) is 0 Å². The molecule has 0 N–H and O–H groups in total. The molecule has 0 atom stereocenters. The van der Waals surface area contributed by atoms with E-state index in [9.17, 15) is 25.1 Å². The Bertz CT molecular complexity index is 3500. The minimum absolute atomic E-state index is 0.0865. The molecule has 11 nitrogen and oxygen atoms in total. The molecule has 0 aliphatic heterocycles. The van der Waals surface area contributed by atoms with Gasteiger partial charge in [0.1, 0.15) is 5.69 Å². The molecule has 0 bridgehead atoms. The number of rotatable bonds is 12. The second-order valence-electron chi connectivity index (χ2n) is 17.2. The van der Waals surface area contributed by atoms with Crippen LogP contribution in [0.5, 0.6) is 0 Å². The Morgan fingerprint density at radius 1 is 0.325 bits per heavy atom. The number of benzene rings is 7. The number of hydrogen-bond acceptors (Lipinski definition) is 9. The van der Waals surface area contributed by atoms with E-state index in [4.69, 9.17) is 0 Å². The molecule has 0 saturated heterocycles. The summed E-state index contributed by atoms with van der Waals surface area (Å²) in [6.45, 7) is 17.6. The minimum atomic E-state index is -0.468. The van der Waals surface area contributed by atoms with Crippen molar-refractivity contribution < 1.29 is 9.85 Å². The summed E-state index contributed by atoms with van der Waals surface area (Å²) in [7, 11) is 0. The second-order valence-corrected chi connectivity index (χ2v) is 17.2. The lowest BCUT2D eigenvalue weighted by Crippen LogP contribution is -2.21. The molecule has 7 aromatic rings. The number of hydrogen-bond donors (Lipinski definition) is 0. The van der Waals surface area contributed by atoms with Crippen LogP contribution in [-0.2, 0) is 0 Å². The van der Waals surface area contributed by atoms with Crippen LogP contribution in [0.4, 0.5) is 34.1 Å². The lowest BCUT2D eigenvalue weighted by molar-refractivity contribution is -0.385. The van der Waals surface area contributed by atoms with Crippen LogP contribution >= 0.6 is 0 Å². The Kier molecular flexibility index (Phi) is 18.8. The fourth-order valence-electron chi connectivity index (χ4n) is 8.28. The first-order chi connectivity index (χ1) is 37.5. The highest BCUT2D eigenvalue weighted by Gasteiger charge is 2.21. The molecule has 0 spiro atoms. The van der Waals surface area contributed by atoms with Gasteiger partial charge >= 0.3 is 0 Å². The number of nitroso groups, excluding NO2 is 1. The van der Waals surface area contributed by atoms with Gasteiger partial charge in [-0.3, -0.25) is 20.2 Å². The smallest absolute Gasteiger partial charge is 0.269 e. The van der Waals surface area contributed by atoms with Crippen molar-refractivity contribution in [2.24, 2.45) is 5.18 Å². The quantitative estimate of drug-likeness (QED) is 0.0513. The van der Waals surface area contributed by atoms with Crippen LogP contribution in [0.25, 0.3) is 0 Å². The summed E-state index contributed by atoms with van der Waals surface area (Å²) in [5.74, 6) is 40.6. The number of nitro benzene ring substituents is 2. The maximum absolute atomic E-state index is 11.7. The molecular formula is C66H54N6O5. The first kappa shape index (κ1) is 54.5. The molecule has 0 unspecified atom stereocenters. The summed E-state index contributed by atoms with van der Waals surface area (Å²) in [6, 6.07) is 42.4. The van der Waals surface area contributed by atoms with Crippen LogP contribution in [0.2, 0.25) is 0 Å². The molecule has 0 aromatic heterocycles. The zero-order valence-corrected chi connectivity index (χ0v) is 43.8. The van der Waals surface area contributed by atoms with Crippen molar-refractivity contribution in [3.8, 4) is 71.0 Å². The molecule has 7 rings (SSSR count). The molecule has 0 heterocycles. The van der Waals surface area contributed by atoms with E-state index in [1.54, 1.807) is 48.5 Å². The van der Waals surface area contributed by atoms with Crippen LogP contribution in [0, 0.1) is 96.2 Å². The van der Waals surface area contributed by atoms with Gasteiger partial charge in [0.25, 0.3) is 11.4 Å². The number of non-ortho nitro benzene ring substituents is 2. The Morgan fingerprint density at radius 3 is 0.701 bits per heavy atom. The average molecular weight is 1010 g/mol. The standard InChI is InChI=1S/C66H54N6O5/c1-7-68(8-2)56-33-15-50(16-34-56)26-44-62-61(43-25-49-13-31-55(67-73)32-14-49)63(45-27-51-17-35-57(36-18-51)69(9-3)10-4)66(48-30-54-23-41-60(42-24-54)72(76)77)64(46-28-52-19-37-58(38-20-52)70(11-5)12-6)65(62)47-29-53-21-39-59(40-22-53)71(74)75/h13-24,31-42H,7-12H2,1-6H3. The Hall–Kier alpha value is -10.3. The molecule has 378 valence electrons. The normalized spacial score (nSPS) is 9.90. The van der Waals surface area contributed by atoms with E-state index in [1.807, 2.05) is 72.8 Å². The van der Waals surface area contributed by atoms with Crippen LogP contribution in [0.3, 0.4) is 0 Å². The minimum Gasteiger partial charge on any atom is -0.372 e. The lowest BCUT2D eigenvalue weighted by atomic mass is 9.86. The van der Waals surface area contributed by atoms with Crippen LogP contribution in [0.15, 0.2) is 151 Å². The summed E-state index contributed by atoms with van der Waals surface area (Å²) < 4.78 is 0. The second kappa shape index (κ2) is 26.6. The largest absolute Gasteiger partial charge is 0.372 e. The highest BCUT2D eigenvalue weighted by atomic mass is 16.6. The third-order valence-electron chi connectivity index (χ3n) is 12.6. The predicted octanol–water partition coefficient (Wildman–Crippen LogP) is 12.8. The third kappa shape index (κ3) is 14.1. The fraction of sp³-hybridized carbons (Fsp3) is 0.182. The summed E-state index contributed by atoms with van der Waals surface area (Å²) in [5.41, 5.74) is 9.23. The van der Waals surface area contributed by atoms with Crippen LogP contribution < -0.4 is 14.7 Å². The summed E-state index contributed by atoms with van der Waals surface area (Å²) in [4.78, 5) is 40.6. The number of nitrogens with zero attached hydrogens (tertiary/aromatic N) is 6. The van der Waals surface area contributed by atoms with Crippen molar-refractivity contribution in [3.63, 3.8) is 0 Å². The van der Waals surface area contributed by atoms with E-state index in [0.717, 1.165) is 67.5 Å². The molecule has 0 aliphatic rings. The molecule has 0 saturated carbocycles. The Labute approximate surface area is 451 Å². The van der Waals surface area contributed by atoms with Gasteiger partial charge in [-0.25, -0.2) is 0 Å². The molecule has 0 amide bonds. The summed E-state index contributed by atoms with van der Waals surface area (Å²) >= 11 is 0. The van der Waals surface area contributed by atoms with E-state index >= 15 is 0 Å². The molecular weight excluding hydrogens is 957 g/mol. The van der Waals surface area contributed by atoms with Gasteiger partial charge in [-0.2, -0.15) is 0 Å². The first-order valence-corrected chi connectivity index (χ1v) is 25.3. The lowest BCUT2D eigenvalue weighted by Gasteiger charge is -2.20. The monoisotopic (exact) mass is 1010 g/mol. The van der Waals surface area contributed by atoms with Gasteiger partial charge in [0.05, 0.1) is 43.2 Å². The van der Waals surface area contributed by atoms with Crippen molar-refractivity contribution in [3.05, 3.63) is 237 Å². The van der Waals surface area contributed by atoms with E-state index in [1.165, 1.54) is 24.3 Å². The van der Waals surface area contributed by atoms with Gasteiger partial charge in [-0.1, -0.05) is 71.0 Å². The number of nitro groups is 2. The highest BCUT2D eigenvalue weighted by molar-refractivity contribution is 5.79. The zero-order valence-electron chi connectivity index (χ0n) is 43.8. The molecule has 0 radical (unpaired) electrons. The molecule has 77 heavy (non-hydrogen) atoms. The van der Waals surface area contributed by atoms with Crippen molar-refractivity contribution in [1.82, 2.24) is 0 Å². The molecule has 11 heteroatoms. The Morgan fingerprint density at radius 2 is 0.519 bits per heavy atom. The van der Waals surface area contributed by atoms with Crippen molar-refractivity contribution in [1.29, 1.82) is 0 Å². The third-order valence-corrected chi connectivity index (χ3v) is 12.6. The van der Waals surface area contributed by atoms with E-state index in [0.29, 0.717) is 55.6 Å². The van der Waals surface area contributed by atoms with Crippen LogP contribution in [-0.4, -0.2) is 49.1 Å². The van der Waals surface area contributed by atoms with E-state index < -0.39 is 9.85 Å². The fourth-order valence-corrected chi connectivity index (χ4v) is 8.28. The van der Waals surface area contributed by atoms with Crippen LogP contribution in [0.1, 0.15) is 108 Å². The van der Waals surface area contributed by atoms with Crippen molar-refractivity contribution in [2.75, 3.05) is 54.0 Å². The van der Waals surface area contributed by atoms with Gasteiger partial charge in [0, 0.05) is 114 Å². The Balaban J connectivity index is 1.65. The number of anilines is 3. The van der Waals surface area contributed by atoms with Gasteiger partial charge in [-0.15, -0.1) is 4.91 Å². The van der Waals surface area contributed by atoms with E-state index in [-0.39, 0.29) is 17.1 Å². The average Bonchev–Trinajstić information content (AvgIpc) is 3.47. The summed E-state index contributed by atoms with van der Waals surface area (Å²) in [6.07, 6.45) is 0. The van der Waals surface area contributed by atoms with Gasteiger partial charge < -0.3 is 14.7 Å². The SMILES string of the molecule is CCN(CC)c1ccc(C#Cc2c(C#Cc3ccc(N=O)cc3)c(C#Cc3ccc(N(CC)CC)cc3)c(C#Cc3ccc([N+](=O)[O-])cc3)c(C#Cc3ccc(N(CC)CC)cc3)c2C#Cc2ccc([N+](=O)[O-])cc2)cc1. The maximum Gasteiger partial charge on any atom is 0.269 e. The van der Waals surface area contributed by atoms with Crippen molar-refractivity contribution >= 4 is 34.1 Å². The van der Waals surface area contributed by atoms with Gasteiger partial charge in [-0.05, 0) is 168 Å². The predicted molar refractivity (Wildman–Crippen MR) is 310 cm³/mol. The first-order valence-electron chi connectivity index (χ1n) is 25.3. The topological polar surface area (TPSA) is 125 Å². The zero-order chi connectivity index (χ0) is 54.7. The van der Waals surface area contributed by atoms with Crippen molar-refractivity contribution in [2.45, 2.75) is 41.5 Å². The van der Waals surface area contributed by atoms with E-state index in [2.05, 4.69) is 132 Å². The maximum atomic E-state index is 11.7. The molecule has 0 aliphatic carbocycles. The summed E-state index contributed by atoms with van der Waals surface area (Å²) in [5, 5.41) is 26.5. The molecule has 7 aromatic carbocycles.